The highest BCUT2D eigenvalue weighted by molar-refractivity contribution is 5.78. The molecule has 0 aliphatic heterocycles. The molecule has 26 heavy (non-hydrogen) atoms. The minimum Gasteiger partial charge on any atom is -0.483 e. The molecule has 0 radical (unpaired) electrons. The van der Waals surface area contributed by atoms with Crippen molar-refractivity contribution in [1.29, 1.82) is 0 Å². The van der Waals surface area contributed by atoms with E-state index >= 15 is 0 Å². The second-order valence-electron chi connectivity index (χ2n) is 5.83. The molecule has 0 aliphatic rings. The SMILES string of the molecule is CCOC(=O)CCN(CCOCCO)C(=O)COc1cc(C)ccc1C. The molecule has 146 valence electrons. The molecule has 0 heterocycles. The van der Waals surface area contributed by atoms with Gasteiger partial charge in [-0.2, -0.15) is 0 Å². The number of aliphatic hydroxyl groups is 1. The van der Waals surface area contributed by atoms with Gasteiger partial charge in [-0.3, -0.25) is 9.59 Å². The van der Waals surface area contributed by atoms with E-state index in [4.69, 9.17) is 19.3 Å². The summed E-state index contributed by atoms with van der Waals surface area (Å²) in [6.45, 7) is 6.75. The van der Waals surface area contributed by atoms with E-state index in [1.165, 1.54) is 4.90 Å². The number of aliphatic hydroxyl groups excluding tert-OH is 1. The molecule has 1 amide bonds. The lowest BCUT2D eigenvalue weighted by Gasteiger charge is -2.22. The van der Waals surface area contributed by atoms with Crippen LogP contribution in [0.15, 0.2) is 18.2 Å². The van der Waals surface area contributed by atoms with Gasteiger partial charge in [0.25, 0.3) is 5.91 Å². The predicted molar refractivity (Wildman–Crippen MR) is 97.1 cm³/mol. The van der Waals surface area contributed by atoms with Crippen LogP contribution in [0.1, 0.15) is 24.5 Å². The molecule has 0 aromatic heterocycles. The molecule has 0 spiro atoms. The molecule has 7 nitrogen and oxygen atoms in total. The molecule has 0 saturated carbocycles. The Morgan fingerprint density at radius 2 is 1.92 bits per heavy atom. The number of ether oxygens (including phenoxy) is 3. The highest BCUT2D eigenvalue weighted by Gasteiger charge is 2.16. The van der Waals surface area contributed by atoms with Gasteiger partial charge >= 0.3 is 5.97 Å². The van der Waals surface area contributed by atoms with E-state index in [0.717, 1.165) is 11.1 Å². The number of nitrogens with zero attached hydrogens (tertiary/aromatic N) is 1. The van der Waals surface area contributed by atoms with Gasteiger partial charge in [-0.25, -0.2) is 0 Å². The number of carbonyl (C=O) groups excluding carboxylic acids is 2. The van der Waals surface area contributed by atoms with E-state index in [9.17, 15) is 9.59 Å². The molecular formula is C19H29NO6. The third-order valence-corrected chi connectivity index (χ3v) is 3.68. The summed E-state index contributed by atoms with van der Waals surface area (Å²) in [5.41, 5.74) is 2.00. The zero-order valence-electron chi connectivity index (χ0n) is 15.8. The van der Waals surface area contributed by atoms with Crippen molar-refractivity contribution >= 4 is 11.9 Å². The molecule has 0 saturated heterocycles. The van der Waals surface area contributed by atoms with Crippen molar-refractivity contribution in [3.63, 3.8) is 0 Å². The smallest absolute Gasteiger partial charge is 0.307 e. The summed E-state index contributed by atoms with van der Waals surface area (Å²) in [6.07, 6.45) is 0.114. The number of hydrogen-bond acceptors (Lipinski definition) is 6. The third-order valence-electron chi connectivity index (χ3n) is 3.68. The van der Waals surface area contributed by atoms with Gasteiger partial charge in [0.2, 0.25) is 0 Å². The second kappa shape index (κ2) is 12.3. The molecule has 0 aliphatic carbocycles. The maximum atomic E-state index is 12.5. The fraction of sp³-hybridized carbons (Fsp3) is 0.579. The predicted octanol–water partition coefficient (Wildman–Crippen LogP) is 1.47. The summed E-state index contributed by atoms with van der Waals surface area (Å²) < 4.78 is 15.8. The molecular weight excluding hydrogens is 338 g/mol. The van der Waals surface area contributed by atoms with Crippen LogP contribution in [-0.4, -0.2) is 68.0 Å². The van der Waals surface area contributed by atoms with E-state index in [-0.39, 0.29) is 51.3 Å². The van der Waals surface area contributed by atoms with E-state index in [1.807, 2.05) is 32.0 Å². The number of rotatable bonds is 12. The van der Waals surface area contributed by atoms with Crippen molar-refractivity contribution in [1.82, 2.24) is 4.90 Å². The highest BCUT2D eigenvalue weighted by Crippen LogP contribution is 2.19. The number of benzene rings is 1. The van der Waals surface area contributed by atoms with Crippen molar-refractivity contribution in [2.24, 2.45) is 0 Å². The first-order valence-electron chi connectivity index (χ1n) is 8.80. The maximum Gasteiger partial charge on any atom is 0.307 e. The van der Waals surface area contributed by atoms with Crippen LogP contribution in [0, 0.1) is 13.8 Å². The average molecular weight is 367 g/mol. The lowest BCUT2D eigenvalue weighted by molar-refractivity contribution is -0.144. The zero-order chi connectivity index (χ0) is 19.4. The topological polar surface area (TPSA) is 85.3 Å². The quantitative estimate of drug-likeness (QED) is 0.445. The zero-order valence-corrected chi connectivity index (χ0v) is 15.8. The van der Waals surface area contributed by atoms with Crippen molar-refractivity contribution in [3.05, 3.63) is 29.3 Å². The van der Waals surface area contributed by atoms with E-state index in [1.54, 1.807) is 6.92 Å². The Kier molecular flexibility index (Phi) is 10.3. The van der Waals surface area contributed by atoms with Crippen molar-refractivity contribution in [2.75, 3.05) is 46.1 Å². The van der Waals surface area contributed by atoms with Gasteiger partial charge in [0.15, 0.2) is 6.61 Å². The number of hydrogen-bond donors (Lipinski definition) is 1. The fourth-order valence-electron chi connectivity index (χ4n) is 2.26. The van der Waals surface area contributed by atoms with Gasteiger partial charge < -0.3 is 24.2 Å². The Labute approximate surface area is 154 Å². The van der Waals surface area contributed by atoms with Crippen molar-refractivity contribution in [3.8, 4) is 5.75 Å². The number of amides is 1. The van der Waals surface area contributed by atoms with E-state index < -0.39 is 0 Å². The standard InChI is InChI=1S/C19H29NO6/c1-4-25-19(23)7-8-20(9-11-24-12-10-21)18(22)14-26-17-13-15(2)5-6-16(17)3/h5-6,13,21H,4,7-12,14H2,1-3H3. The third kappa shape index (κ3) is 8.31. The molecule has 0 fully saturated rings. The van der Waals surface area contributed by atoms with Crippen LogP contribution in [0.25, 0.3) is 0 Å². The van der Waals surface area contributed by atoms with Crippen molar-refractivity contribution in [2.45, 2.75) is 27.2 Å². The van der Waals surface area contributed by atoms with Gasteiger partial charge in [-0.15, -0.1) is 0 Å². The summed E-state index contributed by atoms with van der Waals surface area (Å²) in [5, 5.41) is 8.75. The fourth-order valence-corrected chi connectivity index (χ4v) is 2.26. The Morgan fingerprint density at radius 3 is 2.62 bits per heavy atom. The van der Waals surface area contributed by atoms with Crippen LogP contribution in [-0.2, 0) is 19.1 Å². The average Bonchev–Trinajstić information content (AvgIpc) is 2.61. The molecule has 0 unspecified atom stereocenters. The Morgan fingerprint density at radius 1 is 1.15 bits per heavy atom. The minimum atomic E-state index is -0.350. The Hall–Kier alpha value is -2.12. The minimum absolute atomic E-state index is 0.0769. The first kappa shape index (κ1) is 21.9. The Balaban J connectivity index is 2.60. The van der Waals surface area contributed by atoms with Crippen LogP contribution >= 0.6 is 0 Å². The summed E-state index contributed by atoms with van der Waals surface area (Å²) in [6, 6.07) is 5.81. The monoisotopic (exact) mass is 367 g/mol. The summed E-state index contributed by atoms with van der Waals surface area (Å²) in [5.74, 6) is 0.0834. The molecule has 0 atom stereocenters. The van der Waals surface area contributed by atoms with E-state index in [2.05, 4.69) is 0 Å². The molecule has 1 aromatic rings. The van der Waals surface area contributed by atoms with Crippen LogP contribution in [0.5, 0.6) is 5.75 Å². The molecule has 1 aromatic carbocycles. The van der Waals surface area contributed by atoms with E-state index in [0.29, 0.717) is 18.9 Å². The summed E-state index contributed by atoms with van der Waals surface area (Å²) in [7, 11) is 0. The van der Waals surface area contributed by atoms with Gasteiger partial charge in [0.05, 0.1) is 32.8 Å². The molecule has 7 heteroatoms. The first-order chi connectivity index (χ1) is 12.5. The number of aryl methyl sites for hydroxylation is 2. The van der Waals surface area contributed by atoms with Gasteiger partial charge in [0, 0.05) is 13.1 Å². The first-order valence-corrected chi connectivity index (χ1v) is 8.80. The van der Waals surface area contributed by atoms with Crippen LogP contribution in [0.4, 0.5) is 0 Å². The molecule has 1 N–H and O–H groups in total. The normalized spacial score (nSPS) is 10.5. The van der Waals surface area contributed by atoms with Gasteiger partial charge in [-0.1, -0.05) is 12.1 Å². The molecule has 0 bridgehead atoms. The lowest BCUT2D eigenvalue weighted by atomic mass is 10.1. The number of esters is 1. The van der Waals surface area contributed by atoms with Gasteiger partial charge in [0.1, 0.15) is 5.75 Å². The van der Waals surface area contributed by atoms with Crippen molar-refractivity contribution < 1.29 is 28.9 Å². The number of carbonyl (C=O) groups is 2. The van der Waals surface area contributed by atoms with Crippen LogP contribution in [0.2, 0.25) is 0 Å². The molecule has 1 rings (SSSR count). The van der Waals surface area contributed by atoms with Gasteiger partial charge in [-0.05, 0) is 38.0 Å². The highest BCUT2D eigenvalue weighted by atomic mass is 16.5. The van der Waals surface area contributed by atoms with Crippen LogP contribution in [0.3, 0.4) is 0 Å². The maximum absolute atomic E-state index is 12.5. The summed E-state index contributed by atoms with van der Waals surface area (Å²) >= 11 is 0. The largest absolute Gasteiger partial charge is 0.483 e. The Bertz CT molecular complexity index is 575. The summed E-state index contributed by atoms with van der Waals surface area (Å²) in [4.78, 5) is 25.6. The lowest BCUT2D eigenvalue weighted by Crippen LogP contribution is -2.39. The van der Waals surface area contributed by atoms with Crippen LogP contribution < -0.4 is 4.74 Å². The second-order valence-corrected chi connectivity index (χ2v) is 5.83.